The first kappa shape index (κ1) is 11.3. The Labute approximate surface area is 96.3 Å². The van der Waals surface area contributed by atoms with Crippen LogP contribution in [0.15, 0.2) is 24.3 Å². The summed E-state index contributed by atoms with van der Waals surface area (Å²) in [5, 5.41) is 9.95. The van der Waals surface area contributed by atoms with Crippen molar-refractivity contribution in [3.05, 3.63) is 35.4 Å². The number of carbonyl (C=O) groups excluding carboxylic acids is 1. The molecule has 2 unspecified atom stereocenters. The van der Waals surface area contributed by atoms with Gasteiger partial charge in [0, 0.05) is 11.5 Å². The topological polar surface area (TPSA) is 37.3 Å². The Hall–Kier alpha value is -1.15. The van der Waals surface area contributed by atoms with Crippen LogP contribution in [0.2, 0.25) is 0 Å². The van der Waals surface area contributed by atoms with Gasteiger partial charge in [0.25, 0.3) is 0 Å². The summed E-state index contributed by atoms with van der Waals surface area (Å²) in [4.78, 5) is 12.2. The molecule has 0 aliphatic heterocycles. The van der Waals surface area contributed by atoms with Gasteiger partial charge < -0.3 is 5.11 Å². The molecular weight excluding hydrogens is 200 g/mol. The molecule has 1 aliphatic rings. The third-order valence-corrected chi connectivity index (χ3v) is 3.39. The summed E-state index contributed by atoms with van der Waals surface area (Å²) in [5.74, 6) is -0.0577. The van der Waals surface area contributed by atoms with Gasteiger partial charge in [0.2, 0.25) is 0 Å². The van der Waals surface area contributed by atoms with Crippen LogP contribution in [0.25, 0.3) is 0 Å². The third kappa shape index (κ3) is 2.03. The number of carbonyl (C=O) groups is 1. The van der Waals surface area contributed by atoms with Crippen molar-refractivity contribution >= 4 is 5.78 Å². The van der Waals surface area contributed by atoms with Crippen molar-refractivity contribution in [3.8, 4) is 0 Å². The van der Waals surface area contributed by atoms with E-state index in [-0.39, 0.29) is 11.7 Å². The van der Waals surface area contributed by atoms with Crippen LogP contribution in [0.5, 0.6) is 0 Å². The van der Waals surface area contributed by atoms with E-state index in [1.54, 1.807) is 0 Å². The lowest BCUT2D eigenvalue weighted by atomic mass is 9.79. The molecule has 2 atom stereocenters. The smallest absolute Gasteiger partial charge is 0.168 e. The van der Waals surface area contributed by atoms with E-state index in [0.717, 1.165) is 36.8 Å². The monoisotopic (exact) mass is 218 g/mol. The Morgan fingerprint density at radius 3 is 2.94 bits per heavy atom. The molecule has 0 spiro atoms. The molecule has 1 aliphatic carbocycles. The minimum Gasteiger partial charge on any atom is -0.392 e. The molecule has 1 aromatic carbocycles. The first-order chi connectivity index (χ1) is 7.74. The second kappa shape index (κ2) is 4.79. The molecule has 0 heterocycles. The van der Waals surface area contributed by atoms with Crippen molar-refractivity contribution in [1.29, 1.82) is 0 Å². The van der Waals surface area contributed by atoms with Crippen LogP contribution in [0, 0.1) is 5.92 Å². The fourth-order valence-corrected chi connectivity index (χ4v) is 2.48. The Bertz CT molecular complexity index is 384. The van der Waals surface area contributed by atoms with Crippen molar-refractivity contribution < 1.29 is 9.90 Å². The van der Waals surface area contributed by atoms with E-state index < -0.39 is 6.10 Å². The van der Waals surface area contributed by atoms with Gasteiger partial charge in [-0.05, 0) is 24.8 Å². The van der Waals surface area contributed by atoms with Gasteiger partial charge in [-0.25, -0.2) is 0 Å². The molecule has 0 aromatic heterocycles. The van der Waals surface area contributed by atoms with Crippen molar-refractivity contribution in [2.45, 2.75) is 38.7 Å². The van der Waals surface area contributed by atoms with E-state index in [9.17, 15) is 9.90 Å². The number of hydrogen-bond acceptors (Lipinski definition) is 2. The Morgan fingerprint density at radius 2 is 2.19 bits per heavy atom. The number of fused-ring (bicyclic) bond motifs is 1. The van der Waals surface area contributed by atoms with Crippen LogP contribution < -0.4 is 0 Å². The zero-order valence-corrected chi connectivity index (χ0v) is 9.65. The molecule has 1 aromatic rings. The largest absolute Gasteiger partial charge is 0.392 e. The highest BCUT2D eigenvalue weighted by molar-refractivity contribution is 6.00. The standard InChI is InChI=1S/C14H18O2/c1-2-5-13(15)12-9-8-10-6-3-4-7-11(10)14(12)16/h3-4,6-7,12-13,15H,2,5,8-9H2,1H3. The second-order valence-corrected chi connectivity index (χ2v) is 4.52. The van der Waals surface area contributed by atoms with Gasteiger partial charge in [0.1, 0.15) is 0 Å². The molecule has 0 amide bonds. The number of ketones is 1. The Kier molecular flexibility index (Phi) is 3.39. The van der Waals surface area contributed by atoms with Gasteiger partial charge in [-0.15, -0.1) is 0 Å². The van der Waals surface area contributed by atoms with Gasteiger partial charge in [-0.1, -0.05) is 37.6 Å². The van der Waals surface area contributed by atoms with E-state index >= 15 is 0 Å². The molecule has 2 rings (SSSR count). The fourth-order valence-electron chi connectivity index (χ4n) is 2.48. The highest BCUT2D eigenvalue weighted by Crippen LogP contribution is 2.28. The first-order valence-corrected chi connectivity index (χ1v) is 6.04. The molecule has 0 saturated carbocycles. The predicted octanol–water partition coefficient (Wildman–Crippen LogP) is 2.59. The summed E-state index contributed by atoms with van der Waals surface area (Å²) in [7, 11) is 0. The molecule has 2 heteroatoms. The predicted molar refractivity (Wildman–Crippen MR) is 63.5 cm³/mol. The summed E-state index contributed by atoms with van der Waals surface area (Å²) in [6.07, 6.45) is 2.88. The van der Waals surface area contributed by atoms with Crippen LogP contribution in [0.4, 0.5) is 0 Å². The summed E-state index contributed by atoms with van der Waals surface area (Å²) in [6, 6.07) is 7.75. The third-order valence-electron chi connectivity index (χ3n) is 3.39. The van der Waals surface area contributed by atoms with E-state index in [1.807, 2.05) is 31.2 Å². The average molecular weight is 218 g/mol. The summed E-state index contributed by atoms with van der Waals surface area (Å²) in [5.41, 5.74) is 1.95. The molecule has 0 bridgehead atoms. The van der Waals surface area contributed by atoms with Gasteiger partial charge in [-0.3, -0.25) is 4.79 Å². The van der Waals surface area contributed by atoms with Crippen LogP contribution in [0.3, 0.4) is 0 Å². The van der Waals surface area contributed by atoms with Crippen molar-refractivity contribution in [3.63, 3.8) is 0 Å². The first-order valence-electron chi connectivity index (χ1n) is 6.04. The van der Waals surface area contributed by atoms with Gasteiger partial charge >= 0.3 is 0 Å². The van der Waals surface area contributed by atoms with E-state index in [2.05, 4.69) is 0 Å². The summed E-state index contributed by atoms with van der Waals surface area (Å²) < 4.78 is 0. The maximum atomic E-state index is 12.2. The number of hydrogen-bond donors (Lipinski definition) is 1. The Morgan fingerprint density at radius 1 is 1.44 bits per heavy atom. The van der Waals surface area contributed by atoms with Crippen LogP contribution in [0.1, 0.15) is 42.1 Å². The van der Waals surface area contributed by atoms with E-state index in [0.29, 0.717) is 0 Å². The highest BCUT2D eigenvalue weighted by atomic mass is 16.3. The number of aryl methyl sites for hydroxylation is 1. The lowest BCUT2D eigenvalue weighted by molar-refractivity contribution is 0.0611. The minimum atomic E-state index is -0.467. The van der Waals surface area contributed by atoms with Crippen molar-refractivity contribution in [2.75, 3.05) is 0 Å². The lowest BCUT2D eigenvalue weighted by Gasteiger charge is -2.26. The van der Waals surface area contributed by atoms with Gasteiger partial charge in [-0.2, -0.15) is 0 Å². The van der Waals surface area contributed by atoms with Gasteiger partial charge in [0.05, 0.1) is 6.10 Å². The molecular formula is C14H18O2. The quantitative estimate of drug-likeness (QED) is 0.846. The molecule has 1 N–H and O–H groups in total. The zero-order chi connectivity index (χ0) is 11.5. The summed E-state index contributed by atoms with van der Waals surface area (Å²) >= 11 is 0. The van der Waals surface area contributed by atoms with Crippen LogP contribution in [-0.2, 0) is 6.42 Å². The van der Waals surface area contributed by atoms with Crippen LogP contribution in [-0.4, -0.2) is 17.0 Å². The second-order valence-electron chi connectivity index (χ2n) is 4.52. The number of benzene rings is 1. The number of Topliss-reactive ketones (excluding diaryl/α,β-unsaturated/α-hetero) is 1. The van der Waals surface area contributed by atoms with Crippen LogP contribution >= 0.6 is 0 Å². The zero-order valence-electron chi connectivity index (χ0n) is 9.65. The van der Waals surface area contributed by atoms with Crippen molar-refractivity contribution in [1.82, 2.24) is 0 Å². The SMILES string of the molecule is CCCC(O)C1CCc2ccccc2C1=O. The number of aliphatic hydroxyl groups is 1. The molecule has 16 heavy (non-hydrogen) atoms. The maximum Gasteiger partial charge on any atom is 0.168 e. The molecule has 0 fully saturated rings. The normalized spacial score (nSPS) is 21.6. The minimum absolute atomic E-state index is 0.128. The average Bonchev–Trinajstić information content (AvgIpc) is 2.30. The number of rotatable bonds is 3. The maximum absolute atomic E-state index is 12.2. The molecule has 2 nitrogen and oxygen atoms in total. The van der Waals surface area contributed by atoms with E-state index in [1.165, 1.54) is 0 Å². The number of aliphatic hydroxyl groups excluding tert-OH is 1. The molecule has 0 radical (unpaired) electrons. The Balaban J connectivity index is 2.21. The van der Waals surface area contributed by atoms with Crippen molar-refractivity contribution in [2.24, 2.45) is 5.92 Å². The summed E-state index contributed by atoms with van der Waals surface area (Å²) in [6.45, 7) is 2.03. The lowest BCUT2D eigenvalue weighted by Crippen LogP contribution is -2.32. The molecule has 0 saturated heterocycles. The van der Waals surface area contributed by atoms with E-state index in [4.69, 9.17) is 0 Å². The highest BCUT2D eigenvalue weighted by Gasteiger charge is 2.31. The molecule has 86 valence electrons. The van der Waals surface area contributed by atoms with Gasteiger partial charge in [0.15, 0.2) is 5.78 Å². The fraction of sp³-hybridized carbons (Fsp3) is 0.500.